The molecule has 27 heavy (non-hydrogen) atoms. The molecule has 1 aromatic heterocycles. The highest BCUT2D eigenvalue weighted by Crippen LogP contribution is 2.14. The van der Waals surface area contributed by atoms with Crippen LogP contribution in [0.15, 0.2) is 24.5 Å². The van der Waals surface area contributed by atoms with Gasteiger partial charge in [-0.1, -0.05) is 110 Å². The van der Waals surface area contributed by atoms with Gasteiger partial charge in [0.25, 0.3) is 0 Å². The number of aryl methyl sites for hydroxylation is 2. The zero-order valence-electron chi connectivity index (χ0n) is 18.7. The van der Waals surface area contributed by atoms with Crippen LogP contribution in [0, 0.1) is 0 Å². The third-order valence-electron chi connectivity index (χ3n) is 5.85. The van der Waals surface area contributed by atoms with Crippen LogP contribution in [0.25, 0.3) is 0 Å². The molecule has 0 bridgehead atoms. The van der Waals surface area contributed by atoms with Gasteiger partial charge in [0.2, 0.25) is 0 Å². The minimum absolute atomic E-state index is 1.14. The van der Waals surface area contributed by atoms with E-state index in [-0.39, 0.29) is 0 Å². The molecule has 1 heterocycles. The molecule has 1 heteroatoms. The van der Waals surface area contributed by atoms with Gasteiger partial charge in [-0.05, 0) is 18.9 Å². The van der Waals surface area contributed by atoms with Gasteiger partial charge in [0.1, 0.15) is 6.54 Å². The molecule has 0 aliphatic rings. The average molecular weight is 375 g/mol. The Hall–Kier alpha value is -0.850. The van der Waals surface area contributed by atoms with Crippen molar-refractivity contribution in [1.29, 1.82) is 0 Å². The summed E-state index contributed by atoms with van der Waals surface area (Å²) >= 11 is 0. The summed E-state index contributed by atoms with van der Waals surface area (Å²) in [5.41, 5.74) is 1.45. The lowest BCUT2D eigenvalue weighted by atomic mass is 10.0. The van der Waals surface area contributed by atoms with E-state index in [0.29, 0.717) is 0 Å². The van der Waals surface area contributed by atoms with E-state index in [2.05, 4.69) is 42.9 Å². The second kappa shape index (κ2) is 18.5. The van der Waals surface area contributed by atoms with Gasteiger partial charge in [-0.2, -0.15) is 0 Å². The van der Waals surface area contributed by atoms with Crippen molar-refractivity contribution in [3.63, 3.8) is 0 Å². The molecule has 0 amide bonds. The zero-order chi connectivity index (χ0) is 19.4. The van der Waals surface area contributed by atoms with Crippen LogP contribution in [-0.2, 0) is 13.0 Å². The molecule has 1 aromatic rings. The summed E-state index contributed by atoms with van der Waals surface area (Å²) in [6.45, 7) is 5.72. The van der Waals surface area contributed by atoms with E-state index >= 15 is 0 Å². The molecule has 0 aromatic carbocycles. The largest absolute Gasteiger partial charge is 0.205 e. The Labute approximate surface area is 171 Å². The van der Waals surface area contributed by atoms with Crippen molar-refractivity contribution >= 4 is 0 Å². The fourth-order valence-corrected chi connectivity index (χ4v) is 3.94. The van der Waals surface area contributed by atoms with Crippen LogP contribution in [0.4, 0.5) is 0 Å². The minimum atomic E-state index is 1.14. The van der Waals surface area contributed by atoms with Gasteiger partial charge in [0, 0.05) is 18.1 Å². The summed E-state index contributed by atoms with van der Waals surface area (Å²) in [7, 11) is 0. The summed E-state index contributed by atoms with van der Waals surface area (Å²) in [6.07, 6.45) is 30.2. The van der Waals surface area contributed by atoms with E-state index in [4.69, 9.17) is 0 Å². The molecule has 0 saturated carbocycles. The average Bonchev–Trinajstić information content (AvgIpc) is 2.70. The second-order valence-electron chi connectivity index (χ2n) is 8.46. The number of pyridine rings is 1. The Kier molecular flexibility index (Phi) is 16.6. The van der Waals surface area contributed by atoms with Crippen molar-refractivity contribution in [2.24, 2.45) is 0 Å². The summed E-state index contributed by atoms with van der Waals surface area (Å²) in [6, 6.07) is 4.41. The smallest absolute Gasteiger partial charge is 0.171 e. The van der Waals surface area contributed by atoms with Crippen molar-refractivity contribution in [3.05, 3.63) is 30.1 Å². The maximum atomic E-state index is 2.37. The lowest BCUT2D eigenvalue weighted by Gasteiger charge is -2.03. The monoisotopic (exact) mass is 374 g/mol. The van der Waals surface area contributed by atoms with Crippen LogP contribution >= 0.6 is 0 Å². The predicted octanol–water partition coefficient (Wildman–Crippen LogP) is 8.19. The van der Waals surface area contributed by atoms with Gasteiger partial charge in [-0.3, -0.25) is 0 Å². The fraction of sp³-hybridized carbons (Fsp3) is 0.808. The van der Waals surface area contributed by atoms with Gasteiger partial charge in [0.15, 0.2) is 12.4 Å². The molecule has 0 fully saturated rings. The molecule has 156 valence electrons. The fourth-order valence-electron chi connectivity index (χ4n) is 3.94. The van der Waals surface area contributed by atoms with E-state index in [1.165, 1.54) is 121 Å². The molecule has 0 aliphatic heterocycles. The van der Waals surface area contributed by atoms with Crippen molar-refractivity contribution in [3.8, 4) is 0 Å². The quantitative estimate of drug-likeness (QED) is 0.170. The topological polar surface area (TPSA) is 3.88 Å². The molecule has 0 aliphatic carbocycles. The van der Waals surface area contributed by atoms with Crippen LogP contribution in [-0.4, -0.2) is 0 Å². The number of hydrogen-bond donors (Lipinski definition) is 0. The maximum absolute atomic E-state index is 2.37. The Morgan fingerprint density at radius 3 is 1.48 bits per heavy atom. The molecule has 0 atom stereocenters. The van der Waals surface area contributed by atoms with Crippen LogP contribution < -0.4 is 4.57 Å². The Morgan fingerprint density at radius 1 is 0.593 bits per heavy atom. The second-order valence-corrected chi connectivity index (χ2v) is 8.46. The number of unbranched alkanes of at least 4 members (excludes halogenated alkanes) is 16. The predicted molar refractivity (Wildman–Crippen MR) is 120 cm³/mol. The van der Waals surface area contributed by atoms with Crippen LogP contribution in [0.5, 0.6) is 0 Å². The molecule has 1 rings (SSSR count). The van der Waals surface area contributed by atoms with E-state index in [9.17, 15) is 0 Å². The number of hydrogen-bond acceptors (Lipinski definition) is 0. The number of aromatic nitrogens is 1. The van der Waals surface area contributed by atoms with E-state index in [1.54, 1.807) is 0 Å². The highest BCUT2D eigenvalue weighted by molar-refractivity contribution is 5.04. The highest BCUT2D eigenvalue weighted by Gasteiger charge is 2.01. The lowest BCUT2D eigenvalue weighted by molar-refractivity contribution is -0.697. The first-order chi connectivity index (χ1) is 13.4. The van der Waals surface area contributed by atoms with Gasteiger partial charge in [-0.15, -0.1) is 0 Å². The third-order valence-corrected chi connectivity index (χ3v) is 5.85. The van der Waals surface area contributed by atoms with Crippen molar-refractivity contribution in [2.45, 2.75) is 136 Å². The minimum Gasteiger partial charge on any atom is -0.205 e. The zero-order valence-corrected chi connectivity index (χ0v) is 18.7. The van der Waals surface area contributed by atoms with E-state index < -0.39 is 0 Å². The van der Waals surface area contributed by atoms with Crippen LogP contribution in [0.1, 0.15) is 129 Å². The van der Waals surface area contributed by atoms with Gasteiger partial charge in [0.05, 0.1) is 0 Å². The molecule has 0 saturated heterocycles. The normalized spacial score (nSPS) is 11.2. The molecule has 0 N–H and O–H groups in total. The van der Waals surface area contributed by atoms with Gasteiger partial charge < -0.3 is 0 Å². The first-order valence-corrected chi connectivity index (χ1v) is 12.3. The molecule has 0 unspecified atom stereocenters. The first-order valence-electron chi connectivity index (χ1n) is 12.3. The Bertz CT molecular complexity index is 426. The summed E-state index contributed by atoms with van der Waals surface area (Å²) in [5, 5.41) is 0. The van der Waals surface area contributed by atoms with Gasteiger partial charge >= 0.3 is 0 Å². The highest BCUT2D eigenvalue weighted by atomic mass is 14.9. The molecular formula is C26H48N+. The van der Waals surface area contributed by atoms with Crippen molar-refractivity contribution in [1.82, 2.24) is 0 Å². The van der Waals surface area contributed by atoms with Gasteiger partial charge in [-0.25, -0.2) is 4.57 Å². The Balaban J connectivity index is 1.76. The standard InChI is InChI=1S/C26H48N/c1-3-5-6-7-8-9-10-11-12-13-14-15-16-17-18-19-20-23-27-24-21-22-26(4-2)25-27/h21-22,24-25H,3-20,23H2,1-2H3/q+1. The first kappa shape index (κ1) is 24.2. The van der Waals surface area contributed by atoms with Crippen LogP contribution in [0.3, 0.4) is 0 Å². The third kappa shape index (κ3) is 14.8. The van der Waals surface area contributed by atoms with Crippen LogP contribution in [0.2, 0.25) is 0 Å². The lowest BCUT2D eigenvalue weighted by Crippen LogP contribution is -2.33. The summed E-state index contributed by atoms with van der Waals surface area (Å²) in [5.74, 6) is 0. The molecule has 1 nitrogen and oxygen atoms in total. The molecule has 0 spiro atoms. The van der Waals surface area contributed by atoms with Crippen molar-refractivity contribution in [2.75, 3.05) is 0 Å². The van der Waals surface area contributed by atoms with E-state index in [0.717, 1.165) is 6.42 Å². The van der Waals surface area contributed by atoms with Crippen molar-refractivity contribution < 1.29 is 4.57 Å². The maximum Gasteiger partial charge on any atom is 0.171 e. The number of rotatable bonds is 19. The summed E-state index contributed by atoms with van der Waals surface area (Å²) in [4.78, 5) is 0. The van der Waals surface area contributed by atoms with E-state index in [1.807, 2.05) is 0 Å². The number of nitrogens with zero attached hydrogens (tertiary/aromatic N) is 1. The summed E-state index contributed by atoms with van der Waals surface area (Å²) < 4.78 is 2.37. The molecular weight excluding hydrogens is 326 g/mol. The SMILES string of the molecule is CCCCCCCCCCCCCCCCCCC[n+]1cccc(CC)c1. The molecule has 0 radical (unpaired) electrons. The Morgan fingerprint density at radius 2 is 1.04 bits per heavy atom.